The molecule has 0 spiro atoms. The molecule has 0 saturated carbocycles. The summed E-state index contributed by atoms with van der Waals surface area (Å²) in [7, 11) is 0. The molecule has 1 aromatic heterocycles. The van der Waals surface area contributed by atoms with Crippen LogP contribution in [-0.2, 0) is 0 Å². The summed E-state index contributed by atoms with van der Waals surface area (Å²) in [5.41, 5.74) is 6.27. The summed E-state index contributed by atoms with van der Waals surface area (Å²) >= 11 is 9.55. The van der Waals surface area contributed by atoms with Crippen LogP contribution < -0.4 is 5.43 Å². The summed E-state index contributed by atoms with van der Waals surface area (Å²) in [6, 6.07) is 24.4. The van der Waals surface area contributed by atoms with Crippen LogP contribution in [0.5, 0.6) is 0 Å². The van der Waals surface area contributed by atoms with E-state index in [9.17, 15) is 4.79 Å². The number of nitrogens with zero attached hydrogens (tertiary/aromatic N) is 2. The number of hydrogen-bond acceptors (Lipinski definition) is 3. The highest BCUT2D eigenvalue weighted by Crippen LogP contribution is 2.27. The molecule has 1 heterocycles. The van der Waals surface area contributed by atoms with Crippen molar-refractivity contribution in [3.63, 3.8) is 0 Å². The maximum absolute atomic E-state index is 12.9. The fourth-order valence-electron chi connectivity index (χ4n) is 2.92. The molecule has 4 nitrogen and oxygen atoms in total. The van der Waals surface area contributed by atoms with Crippen molar-refractivity contribution in [2.24, 2.45) is 5.10 Å². The zero-order valence-corrected chi connectivity index (χ0v) is 17.5. The Hall–Kier alpha value is -3.02. The molecule has 3 aromatic carbocycles. The van der Waals surface area contributed by atoms with Crippen LogP contribution >= 0.6 is 27.5 Å². The first-order valence-corrected chi connectivity index (χ1v) is 10.0. The van der Waals surface area contributed by atoms with Gasteiger partial charge < -0.3 is 0 Å². The number of benzene rings is 3. The number of amides is 1. The highest BCUT2D eigenvalue weighted by molar-refractivity contribution is 9.10. The first kappa shape index (κ1) is 19.3. The zero-order chi connectivity index (χ0) is 20.2. The van der Waals surface area contributed by atoms with E-state index >= 15 is 0 Å². The second kappa shape index (κ2) is 8.55. The fraction of sp³-hybridized carbons (Fsp3) is 0. The topological polar surface area (TPSA) is 54.4 Å². The lowest BCUT2D eigenvalue weighted by Crippen LogP contribution is -2.18. The van der Waals surface area contributed by atoms with Crippen LogP contribution in [0.3, 0.4) is 0 Å². The number of rotatable bonds is 4. The largest absolute Gasteiger partial charge is 0.272 e. The van der Waals surface area contributed by atoms with Gasteiger partial charge >= 0.3 is 0 Å². The van der Waals surface area contributed by atoms with Gasteiger partial charge in [0.1, 0.15) is 0 Å². The predicted octanol–water partition coefficient (Wildman–Crippen LogP) is 6.08. The summed E-state index contributed by atoms with van der Waals surface area (Å²) in [5, 5.41) is 5.30. The molecule has 0 radical (unpaired) electrons. The predicted molar refractivity (Wildman–Crippen MR) is 121 cm³/mol. The summed E-state index contributed by atoms with van der Waals surface area (Å²) < 4.78 is 0.979. The number of carbonyl (C=O) groups excluding carboxylic acids is 1. The van der Waals surface area contributed by atoms with E-state index in [1.165, 1.54) is 0 Å². The maximum atomic E-state index is 12.9. The summed E-state index contributed by atoms with van der Waals surface area (Å²) in [5.74, 6) is -0.329. The van der Waals surface area contributed by atoms with Gasteiger partial charge in [-0.25, -0.2) is 10.4 Å². The van der Waals surface area contributed by atoms with Crippen LogP contribution in [0.2, 0.25) is 5.02 Å². The van der Waals surface area contributed by atoms with Crippen molar-refractivity contribution in [2.75, 3.05) is 0 Å². The first-order valence-electron chi connectivity index (χ1n) is 8.85. The molecule has 4 rings (SSSR count). The molecule has 1 amide bonds. The van der Waals surface area contributed by atoms with Gasteiger partial charge in [0.15, 0.2) is 0 Å². The standard InChI is InChI=1S/C23H15BrClN3O/c24-17-8-6-15(7-9-17)14-26-28-23(29)20-13-22(16-4-2-1-3-5-16)27-21-11-10-18(25)12-19(20)21/h1-14H,(H,28,29)/b26-14+. The fourth-order valence-corrected chi connectivity index (χ4v) is 3.35. The lowest BCUT2D eigenvalue weighted by Gasteiger charge is -2.09. The third-order valence-electron chi connectivity index (χ3n) is 4.33. The normalized spacial score (nSPS) is 11.1. The van der Waals surface area contributed by atoms with E-state index in [-0.39, 0.29) is 5.91 Å². The quantitative estimate of drug-likeness (QED) is 0.294. The van der Waals surface area contributed by atoms with Crippen molar-refractivity contribution < 1.29 is 4.79 Å². The van der Waals surface area contributed by atoms with E-state index in [1.54, 1.807) is 24.4 Å². The molecular weight excluding hydrogens is 450 g/mol. The molecule has 0 bridgehead atoms. The lowest BCUT2D eigenvalue weighted by atomic mass is 10.0. The molecule has 4 aromatic rings. The third-order valence-corrected chi connectivity index (χ3v) is 5.10. The molecule has 0 saturated heterocycles. The number of hydrogen-bond donors (Lipinski definition) is 1. The van der Waals surface area contributed by atoms with Crippen LogP contribution in [0.15, 0.2) is 88.4 Å². The van der Waals surface area contributed by atoms with Crippen molar-refractivity contribution in [1.29, 1.82) is 0 Å². The van der Waals surface area contributed by atoms with E-state index in [2.05, 4.69) is 31.4 Å². The Balaban J connectivity index is 1.69. The summed E-state index contributed by atoms with van der Waals surface area (Å²) in [4.78, 5) is 17.6. The average molecular weight is 465 g/mol. The van der Waals surface area contributed by atoms with Crippen LogP contribution in [0.1, 0.15) is 15.9 Å². The minimum atomic E-state index is -0.329. The highest BCUT2D eigenvalue weighted by atomic mass is 79.9. The van der Waals surface area contributed by atoms with Gasteiger partial charge in [-0.2, -0.15) is 5.10 Å². The van der Waals surface area contributed by atoms with Gasteiger partial charge in [-0.05, 0) is 42.0 Å². The van der Waals surface area contributed by atoms with Crippen LogP contribution in [0.4, 0.5) is 0 Å². The van der Waals surface area contributed by atoms with Crippen LogP contribution in [0, 0.1) is 0 Å². The molecule has 6 heteroatoms. The van der Waals surface area contributed by atoms with Crippen molar-refractivity contribution >= 4 is 50.6 Å². The molecule has 0 fully saturated rings. The number of hydrazone groups is 1. The number of pyridine rings is 1. The van der Waals surface area contributed by atoms with Crippen LogP contribution in [0.25, 0.3) is 22.2 Å². The van der Waals surface area contributed by atoms with E-state index < -0.39 is 0 Å². The molecule has 1 N–H and O–H groups in total. The smallest absolute Gasteiger partial charge is 0.267 e. The number of fused-ring (bicyclic) bond motifs is 1. The molecular formula is C23H15BrClN3O. The number of aromatic nitrogens is 1. The molecule has 0 unspecified atom stereocenters. The maximum Gasteiger partial charge on any atom is 0.272 e. The Kier molecular flexibility index (Phi) is 5.69. The number of nitrogens with one attached hydrogen (secondary N) is 1. The van der Waals surface area contributed by atoms with E-state index in [0.29, 0.717) is 27.2 Å². The highest BCUT2D eigenvalue weighted by Gasteiger charge is 2.14. The first-order chi connectivity index (χ1) is 14.1. The average Bonchev–Trinajstić information content (AvgIpc) is 2.75. The Labute approximate surface area is 181 Å². The Bertz CT molecular complexity index is 1210. The van der Waals surface area contributed by atoms with Crippen LogP contribution in [-0.4, -0.2) is 17.1 Å². The van der Waals surface area contributed by atoms with Gasteiger partial charge in [-0.1, -0.05) is 70.0 Å². The van der Waals surface area contributed by atoms with Crippen molar-refractivity contribution in [3.05, 3.63) is 99.5 Å². The minimum Gasteiger partial charge on any atom is -0.267 e. The molecule has 0 aliphatic heterocycles. The number of carbonyl (C=O) groups is 1. The van der Waals surface area contributed by atoms with E-state index in [0.717, 1.165) is 15.6 Å². The van der Waals surface area contributed by atoms with Gasteiger partial charge in [0, 0.05) is 20.4 Å². The second-order valence-electron chi connectivity index (χ2n) is 6.33. The molecule has 29 heavy (non-hydrogen) atoms. The molecule has 142 valence electrons. The lowest BCUT2D eigenvalue weighted by molar-refractivity contribution is 0.0957. The zero-order valence-electron chi connectivity index (χ0n) is 15.1. The SMILES string of the molecule is O=C(N/N=C/c1ccc(Br)cc1)c1cc(-c2ccccc2)nc2ccc(Cl)cc12. The Morgan fingerprint density at radius 3 is 2.52 bits per heavy atom. The molecule has 0 aliphatic rings. The van der Waals surface area contributed by atoms with Crippen molar-refractivity contribution in [2.45, 2.75) is 0 Å². The minimum absolute atomic E-state index is 0.329. The van der Waals surface area contributed by atoms with Gasteiger partial charge in [-0.15, -0.1) is 0 Å². The summed E-state index contributed by atoms with van der Waals surface area (Å²) in [6.45, 7) is 0. The third kappa shape index (κ3) is 4.53. The number of halogens is 2. The second-order valence-corrected chi connectivity index (χ2v) is 7.69. The Morgan fingerprint density at radius 1 is 1.00 bits per heavy atom. The Morgan fingerprint density at radius 2 is 1.76 bits per heavy atom. The molecule has 0 aliphatic carbocycles. The molecule has 0 atom stereocenters. The van der Waals surface area contributed by atoms with Gasteiger partial charge in [0.05, 0.1) is 23.0 Å². The monoisotopic (exact) mass is 463 g/mol. The van der Waals surface area contributed by atoms with Gasteiger partial charge in [0.25, 0.3) is 5.91 Å². The summed E-state index contributed by atoms with van der Waals surface area (Å²) in [6.07, 6.45) is 1.60. The van der Waals surface area contributed by atoms with Gasteiger partial charge in [0.2, 0.25) is 0 Å². The van der Waals surface area contributed by atoms with Crippen molar-refractivity contribution in [3.8, 4) is 11.3 Å². The van der Waals surface area contributed by atoms with Gasteiger partial charge in [-0.3, -0.25) is 4.79 Å². The van der Waals surface area contributed by atoms with Crippen molar-refractivity contribution in [1.82, 2.24) is 10.4 Å². The van der Waals surface area contributed by atoms with E-state index in [1.807, 2.05) is 60.7 Å². The van der Waals surface area contributed by atoms with E-state index in [4.69, 9.17) is 11.6 Å².